The van der Waals surface area contributed by atoms with Gasteiger partial charge in [-0.05, 0) is 38.0 Å². The minimum Gasteiger partial charge on any atom is -0.409 e. The van der Waals surface area contributed by atoms with E-state index >= 15 is 0 Å². The highest BCUT2D eigenvalue weighted by Gasteiger charge is 2.17. The van der Waals surface area contributed by atoms with Crippen LogP contribution in [0.4, 0.5) is 10.1 Å². The largest absolute Gasteiger partial charge is 0.409 e. The van der Waals surface area contributed by atoms with Crippen molar-refractivity contribution in [3.8, 4) is 0 Å². The molecule has 0 aliphatic carbocycles. The second-order valence-corrected chi connectivity index (χ2v) is 5.29. The Morgan fingerprint density at radius 3 is 2.42 bits per heavy atom. The summed E-state index contributed by atoms with van der Waals surface area (Å²) in [4.78, 5) is 2.01. The number of nitrogens with two attached hydrogens (primary N) is 1. The van der Waals surface area contributed by atoms with Gasteiger partial charge < -0.3 is 15.8 Å². The Hall–Kier alpha value is -1.78. The number of rotatable bonds is 5. The second-order valence-electron chi connectivity index (χ2n) is 5.29. The average molecular weight is 267 g/mol. The van der Waals surface area contributed by atoms with Crippen molar-refractivity contribution in [2.24, 2.45) is 16.8 Å². The number of halogens is 1. The first-order valence-corrected chi connectivity index (χ1v) is 6.40. The first kappa shape index (κ1) is 15.3. The lowest BCUT2D eigenvalue weighted by atomic mass is 10.1. The van der Waals surface area contributed by atoms with Gasteiger partial charge in [-0.3, -0.25) is 0 Å². The molecular weight excluding hydrogens is 245 g/mol. The SMILES string of the molecule is CC(C)CN(c1ccc(C(N)=NO)cc1F)C(C)C. The molecule has 0 aromatic heterocycles. The summed E-state index contributed by atoms with van der Waals surface area (Å²) < 4.78 is 14.2. The smallest absolute Gasteiger partial charge is 0.170 e. The van der Waals surface area contributed by atoms with E-state index in [0.717, 1.165) is 6.54 Å². The fourth-order valence-corrected chi connectivity index (χ4v) is 1.94. The van der Waals surface area contributed by atoms with Crippen molar-refractivity contribution < 1.29 is 9.60 Å². The van der Waals surface area contributed by atoms with E-state index in [0.29, 0.717) is 17.2 Å². The highest BCUT2D eigenvalue weighted by Crippen LogP contribution is 2.23. The molecule has 3 N–H and O–H groups in total. The third-order valence-corrected chi connectivity index (χ3v) is 2.85. The summed E-state index contributed by atoms with van der Waals surface area (Å²) >= 11 is 0. The van der Waals surface area contributed by atoms with E-state index in [1.165, 1.54) is 6.07 Å². The summed E-state index contributed by atoms with van der Waals surface area (Å²) in [7, 11) is 0. The zero-order valence-electron chi connectivity index (χ0n) is 11.9. The molecule has 0 saturated carbocycles. The van der Waals surface area contributed by atoms with Crippen molar-refractivity contribution in [2.45, 2.75) is 33.7 Å². The second kappa shape index (κ2) is 6.41. The summed E-state index contributed by atoms with van der Waals surface area (Å²) in [5.74, 6) is -0.0191. The molecule has 0 amide bonds. The summed E-state index contributed by atoms with van der Waals surface area (Å²) in [5, 5.41) is 11.5. The molecule has 0 saturated heterocycles. The molecule has 106 valence electrons. The number of hydrogen-bond acceptors (Lipinski definition) is 3. The molecule has 0 aliphatic heterocycles. The number of amidine groups is 1. The van der Waals surface area contributed by atoms with Crippen molar-refractivity contribution in [3.05, 3.63) is 29.6 Å². The summed E-state index contributed by atoms with van der Waals surface area (Å²) in [6.45, 7) is 9.02. The van der Waals surface area contributed by atoms with Crippen LogP contribution in [0.3, 0.4) is 0 Å². The van der Waals surface area contributed by atoms with Gasteiger partial charge in [-0.2, -0.15) is 0 Å². The number of benzene rings is 1. The maximum Gasteiger partial charge on any atom is 0.170 e. The highest BCUT2D eigenvalue weighted by molar-refractivity contribution is 5.97. The fourth-order valence-electron chi connectivity index (χ4n) is 1.94. The van der Waals surface area contributed by atoms with Crippen LogP contribution < -0.4 is 10.6 Å². The lowest BCUT2D eigenvalue weighted by Crippen LogP contribution is -2.34. The Bertz CT molecular complexity index is 458. The molecular formula is C14H22FN3O. The van der Waals surface area contributed by atoms with Crippen LogP contribution in [0.1, 0.15) is 33.3 Å². The van der Waals surface area contributed by atoms with Gasteiger partial charge in [0.1, 0.15) is 5.82 Å². The van der Waals surface area contributed by atoms with Crippen molar-refractivity contribution in [2.75, 3.05) is 11.4 Å². The number of oxime groups is 1. The van der Waals surface area contributed by atoms with Crippen molar-refractivity contribution in [3.63, 3.8) is 0 Å². The van der Waals surface area contributed by atoms with Gasteiger partial charge in [-0.25, -0.2) is 4.39 Å². The van der Waals surface area contributed by atoms with Crippen molar-refractivity contribution >= 4 is 11.5 Å². The van der Waals surface area contributed by atoms with E-state index in [2.05, 4.69) is 19.0 Å². The molecule has 19 heavy (non-hydrogen) atoms. The fraction of sp³-hybridized carbons (Fsp3) is 0.500. The van der Waals surface area contributed by atoms with Crippen LogP contribution in [-0.2, 0) is 0 Å². The molecule has 4 nitrogen and oxygen atoms in total. The topological polar surface area (TPSA) is 61.8 Å². The summed E-state index contributed by atoms with van der Waals surface area (Å²) in [6.07, 6.45) is 0. The minimum absolute atomic E-state index is 0.0922. The zero-order chi connectivity index (χ0) is 14.6. The Kier molecular flexibility index (Phi) is 5.15. The summed E-state index contributed by atoms with van der Waals surface area (Å²) in [6, 6.07) is 4.82. The predicted molar refractivity (Wildman–Crippen MR) is 76.2 cm³/mol. The van der Waals surface area contributed by atoms with E-state index in [9.17, 15) is 4.39 Å². The third kappa shape index (κ3) is 3.84. The Labute approximate surface area is 113 Å². The van der Waals surface area contributed by atoms with Crippen molar-refractivity contribution in [1.29, 1.82) is 0 Å². The third-order valence-electron chi connectivity index (χ3n) is 2.85. The van der Waals surface area contributed by atoms with Gasteiger partial charge in [0.15, 0.2) is 5.84 Å². The molecule has 0 unspecified atom stereocenters. The van der Waals surface area contributed by atoms with Crippen LogP contribution in [0.2, 0.25) is 0 Å². The molecule has 0 radical (unpaired) electrons. The lowest BCUT2D eigenvalue weighted by molar-refractivity contribution is 0.318. The van der Waals surface area contributed by atoms with Gasteiger partial charge in [0.2, 0.25) is 0 Å². The zero-order valence-corrected chi connectivity index (χ0v) is 11.9. The van der Waals surface area contributed by atoms with E-state index in [4.69, 9.17) is 10.9 Å². The van der Waals surface area contributed by atoms with Gasteiger partial charge >= 0.3 is 0 Å². The van der Waals surface area contributed by atoms with Crippen LogP contribution in [0.5, 0.6) is 0 Å². The maximum absolute atomic E-state index is 14.2. The van der Waals surface area contributed by atoms with Gasteiger partial charge in [0.25, 0.3) is 0 Å². The van der Waals surface area contributed by atoms with E-state index < -0.39 is 0 Å². The Morgan fingerprint density at radius 2 is 2.00 bits per heavy atom. The van der Waals surface area contributed by atoms with Crippen LogP contribution in [-0.4, -0.2) is 23.6 Å². The van der Waals surface area contributed by atoms with Gasteiger partial charge in [-0.1, -0.05) is 19.0 Å². The van der Waals surface area contributed by atoms with Gasteiger partial charge in [0.05, 0.1) is 5.69 Å². The van der Waals surface area contributed by atoms with Crippen LogP contribution >= 0.6 is 0 Å². The molecule has 1 aromatic carbocycles. The minimum atomic E-state index is -0.363. The molecule has 5 heteroatoms. The monoisotopic (exact) mass is 267 g/mol. The van der Waals surface area contributed by atoms with Gasteiger partial charge in [-0.15, -0.1) is 0 Å². The number of nitrogens with zero attached hydrogens (tertiary/aromatic N) is 2. The molecule has 0 aliphatic rings. The molecule has 0 fully saturated rings. The van der Waals surface area contributed by atoms with Crippen LogP contribution in [0.25, 0.3) is 0 Å². The molecule has 0 spiro atoms. The van der Waals surface area contributed by atoms with E-state index in [-0.39, 0.29) is 17.7 Å². The molecule has 0 heterocycles. The van der Waals surface area contributed by atoms with Crippen LogP contribution in [0, 0.1) is 11.7 Å². The lowest BCUT2D eigenvalue weighted by Gasteiger charge is -2.31. The maximum atomic E-state index is 14.2. The van der Waals surface area contributed by atoms with Crippen molar-refractivity contribution in [1.82, 2.24) is 0 Å². The highest BCUT2D eigenvalue weighted by atomic mass is 19.1. The Balaban J connectivity index is 3.12. The predicted octanol–water partition coefficient (Wildman–Crippen LogP) is 2.79. The molecule has 1 rings (SSSR count). The standard InChI is InChI=1S/C14H22FN3O/c1-9(2)8-18(10(3)4)13-6-5-11(7-12(13)15)14(16)17-19/h5-7,9-10,19H,8H2,1-4H3,(H2,16,17). The number of anilines is 1. The molecule has 0 atom stereocenters. The average Bonchev–Trinajstić information content (AvgIpc) is 2.34. The summed E-state index contributed by atoms with van der Waals surface area (Å²) in [5.41, 5.74) is 6.36. The molecule has 0 bridgehead atoms. The number of hydrogen-bond donors (Lipinski definition) is 2. The normalized spacial score (nSPS) is 12.3. The van der Waals surface area contributed by atoms with Crippen LogP contribution in [0.15, 0.2) is 23.4 Å². The first-order chi connectivity index (χ1) is 8.86. The molecule has 1 aromatic rings. The van der Waals surface area contributed by atoms with E-state index in [1.807, 2.05) is 18.7 Å². The quantitative estimate of drug-likeness (QED) is 0.373. The Morgan fingerprint density at radius 1 is 1.37 bits per heavy atom. The van der Waals surface area contributed by atoms with Gasteiger partial charge in [0, 0.05) is 18.2 Å². The first-order valence-electron chi connectivity index (χ1n) is 6.40. The van der Waals surface area contributed by atoms with E-state index in [1.54, 1.807) is 12.1 Å².